The summed E-state index contributed by atoms with van der Waals surface area (Å²) in [5.74, 6) is 0.764. The zero-order valence-corrected chi connectivity index (χ0v) is 16.9. The molecule has 1 aromatic heterocycles. The van der Waals surface area contributed by atoms with Crippen LogP contribution in [0.3, 0.4) is 0 Å². The number of rotatable bonds is 10. The van der Waals surface area contributed by atoms with E-state index in [1.165, 1.54) is 17.8 Å². The van der Waals surface area contributed by atoms with Crippen molar-refractivity contribution in [3.63, 3.8) is 0 Å². The molecule has 8 heteroatoms. The summed E-state index contributed by atoms with van der Waals surface area (Å²) in [7, 11) is 0. The third-order valence-electron chi connectivity index (χ3n) is 4.33. The van der Waals surface area contributed by atoms with E-state index in [-0.39, 0.29) is 5.69 Å². The van der Waals surface area contributed by atoms with E-state index in [9.17, 15) is 10.1 Å². The maximum Gasteiger partial charge on any atom is 0.269 e. The summed E-state index contributed by atoms with van der Waals surface area (Å²) in [6.07, 6.45) is 3.12. The highest BCUT2D eigenvalue weighted by Crippen LogP contribution is 2.12. The van der Waals surface area contributed by atoms with E-state index < -0.39 is 4.92 Å². The van der Waals surface area contributed by atoms with Gasteiger partial charge in [-0.15, -0.1) is 0 Å². The SMILES string of the molecule is CCCCNC(=NCc1ccc([N+](=O)[O-])cc1)NCCCn1nc(C)cc1C. The Kier molecular flexibility index (Phi) is 8.45. The summed E-state index contributed by atoms with van der Waals surface area (Å²) in [6, 6.07) is 8.59. The fourth-order valence-electron chi connectivity index (χ4n) is 2.79. The van der Waals surface area contributed by atoms with Gasteiger partial charge in [-0.25, -0.2) is 4.99 Å². The van der Waals surface area contributed by atoms with Crippen LogP contribution < -0.4 is 10.6 Å². The zero-order chi connectivity index (χ0) is 20.4. The molecule has 0 aliphatic rings. The molecule has 0 fully saturated rings. The summed E-state index contributed by atoms with van der Waals surface area (Å²) >= 11 is 0. The summed E-state index contributed by atoms with van der Waals surface area (Å²) < 4.78 is 2.02. The number of nitro groups is 1. The summed E-state index contributed by atoms with van der Waals surface area (Å²) in [4.78, 5) is 15.0. The van der Waals surface area contributed by atoms with Crippen LogP contribution in [0.15, 0.2) is 35.3 Å². The molecule has 0 saturated heterocycles. The molecule has 2 rings (SSSR count). The Morgan fingerprint density at radius 3 is 2.43 bits per heavy atom. The van der Waals surface area contributed by atoms with E-state index in [0.29, 0.717) is 6.54 Å². The Hall–Kier alpha value is -2.90. The molecule has 0 bridgehead atoms. The molecule has 28 heavy (non-hydrogen) atoms. The van der Waals surface area contributed by atoms with E-state index in [2.05, 4.69) is 40.6 Å². The van der Waals surface area contributed by atoms with Crippen LogP contribution in [-0.4, -0.2) is 33.8 Å². The monoisotopic (exact) mass is 386 g/mol. The number of unbranched alkanes of at least 4 members (excludes halogenated alkanes) is 1. The number of hydrogen-bond donors (Lipinski definition) is 2. The topological polar surface area (TPSA) is 97.4 Å². The van der Waals surface area contributed by atoms with E-state index in [1.807, 2.05) is 11.6 Å². The molecule has 0 unspecified atom stereocenters. The standard InChI is InChI=1S/C20H30N6O2/c1-4-5-11-21-20(22-12-6-13-25-17(3)14-16(2)24-25)23-15-18-7-9-19(10-8-18)26(27)28/h7-10,14H,4-6,11-13,15H2,1-3H3,(H2,21,22,23). The molecule has 8 nitrogen and oxygen atoms in total. The molecule has 0 amide bonds. The van der Waals surface area contributed by atoms with Crippen molar-refractivity contribution in [1.82, 2.24) is 20.4 Å². The van der Waals surface area contributed by atoms with Crippen molar-refractivity contribution in [2.24, 2.45) is 4.99 Å². The number of hydrogen-bond acceptors (Lipinski definition) is 4. The Bertz CT molecular complexity index is 782. The van der Waals surface area contributed by atoms with Gasteiger partial charge in [-0.3, -0.25) is 14.8 Å². The van der Waals surface area contributed by atoms with E-state index >= 15 is 0 Å². The third-order valence-corrected chi connectivity index (χ3v) is 4.33. The highest BCUT2D eigenvalue weighted by atomic mass is 16.6. The molecule has 1 aromatic carbocycles. The van der Waals surface area contributed by atoms with Crippen LogP contribution in [-0.2, 0) is 13.1 Å². The van der Waals surface area contributed by atoms with Crippen molar-refractivity contribution in [2.75, 3.05) is 13.1 Å². The number of aromatic nitrogens is 2. The van der Waals surface area contributed by atoms with Gasteiger partial charge in [0.15, 0.2) is 5.96 Å². The minimum absolute atomic E-state index is 0.0938. The number of nitrogens with one attached hydrogen (secondary N) is 2. The van der Waals surface area contributed by atoms with Crippen LogP contribution in [0.1, 0.15) is 43.1 Å². The minimum atomic E-state index is -0.394. The summed E-state index contributed by atoms with van der Waals surface area (Å²) in [5.41, 5.74) is 3.24. The zero-order valence-electron chi connectivity index (χ0n) is 16.9. The second kappa shape index (κ2) is 11.1. The quantitative estimate of drug-likeness (QED) is 0.215. The molecule has 0 saturated carbocycles. The van der Waals surface area contributed by atoms with Gasteiger partial charge in [0.1, 0.15) is 0 Å². The number of nitro benzene ring substituents is 1. The normalized spacial score (nSPS) is 11.5. The molecule has 0 spiro atoms. The molecule has 1 heterocycles. The van der Waals surface area contributed by atoms with Gasteiger partial charge in [-0.05, 0) is 38.3 Å². The van der Waals surface area contributed by atoms with Crippen LogP contribution in [0.4, 0.5) is 5.69 Å². The predicted octanol–water partition coefficient (Wildman–Crippen LogP) is 3.33. The Balaban J connectivity index is 1.87. The summed E-state index contributed by atoms with van der Waals surface area (Å²) in [5, 5.41) is 21.9. The predicted molar refractivity (Wildman–Crippen MR) is 111 cm³/mol. The first-order valence-corrected chi connectivity index (χ1v) is 9.76. The first kappa shape index (κ1) is 21.4. The maximum atomic E-state index is 10.7. The Morgan fingerprint density at radius 1 is 1.18 bits per heavy atom. The number of benzene rings is 1. The summed E-state index contributed by atoms with van der Waals surface area (Å²) in [6.45, 7) is 9.20. The molecule has 0 aliphatic carbocycles. The van der Waals surface area contributed by atoms with Gasteiger partial charge in [-0.2, -0.15) is 5.10 Å². The lowest BCUT2D eigenvalue weighted by Crippen LogP contribution is -2.38. The van der Waals surface area contributed by atoms with Crippen molar-refractivity contribution in [2.45, 2.75) is 53.1 Å². The average Bonchev–Trinajstić information content (AvgIpc) is 3.00. The molecular formula is C20H30N6O2. The van der Waals surface area contributed by atoms with Gasteiger partial charge in [0.25, 0.3) is 5.69 Å². The molecule has 0 aliphatic heterocycles. The first-order chi connectivity index (χ1) is 13.5. The average molecular weight is 387 g/mol. The highest BCUT2D eigenvalue weighted by molar-refractivity contribution is 5.79. The van der Waals surface area contributed by atoms with Gasteiger partial charge < -0.3 is 10.6 Å². The van der Waals surface area contributed by atoms with Crippen LogP contribution in [0.25, 0.3) is 0 Å². The second-order valence-electron chi connectivity index (χ2n) is 6.80. The van der Waals surface area contributed by atoms with E-state index in [4.69, 9.17) is 0 Å². The first-order valence-electron chi connectivity index (χ1n) is 9.76. The molecule has 0 radical (unpaired) electrons. The number of nitrogens with zero attached hydrogens (tertiary/aromatic N) is 4. The number of non-ortho nitro benzene ring substituents is 1. The van der Waals surface area contributed by atoms with Gasteiger partial charge in [0, 0.05) is 37.5 Å². The number of aliphatic imine (C=N–C) groups is 1. The van der Waals surface area contributed by atoms with E-state index in [1.54, 1.807) is 12.1 Å². The molecule has 2 N–H and O–H groups in total. The third kappa shape index (κ3) is 7.02. The van der Waals surface area contributed by atoms with Gasteiger partial charge in [-0.1, -0.05) is 25.5 Å². The number of guanidine groups is 1. The van der Waals surface area contributed by atoms with Crippen molar-refractivity contribution in [3.8, 4) is 0 Å². The van der Waals surface area contributed by atoms with Gasteiger partial charge >= 0.3 is 0 Å². The largest absolute Gasteiger partial charge is 0.356 e. The molecular weight excluding hydrogens is 356 g/mol. The minimum Gasteiger partial charge on any atom is -0.356 e. The molecule has 152 valence electrons. The van der Waals surface area contributed by atoms with Crippen molar-refractivity contribution in [1.29, 1.82) is 0 Å². The van der Waals surface area contributed by atoms with Crippen LogP contribution >= 0.6 is 0 Å². The lowest BCUT2D eigenvalue weighted by atomic mass is 10.2. The lowest BCUT2D eigenvalue weighted by molar-refractivity contribution is -0.384. The fraction of sp³-hybridized carbons (Fsp3) is 0.500. The fourth-order valence-corrected chi connectivity index (χ4v) is 2.79. The number of aryl methyl sites for hydroxylation is 3. The smallest absolute Gasteiger partial charge is 0.269 e. The molecule has 2 aromatic rings. The van der Waals surface area contributed by atoms with Crippen LogP contribution in [0, 0.1) is 24.0 Å². The van der Waals surface area contributed by atoms with Crippen molar-refractivity contribution in [3.05, 3.63) is 57.4 Å². The van der Waals surface area contributed by atoms with Crippen LogP contribution in [0.5, 0.6) is 0 Å². The van der Waals surface area contributed by atoms with Gasteiger partial charge in [0.05, 0.1) is 17.2 Å². The van der Waals surface area contributed by atoms with Crippen LogP contribution in [0.2, 0.25) is 0 Å². The Labute approximate surface area is 166 Å². The molecule has 0 atom stereocenters. The second-order valence-corrected chi connectivity index (χ2v) is 6.80. The highest BCUT2D eigenvalue weighted by Gasteiger charge is 2.05. The van der Waals surface area contributed by atoms with Crippen molar-refractivity contribution >= 4 is 11.6 Å². The Morgan fingerprint density at radius 2 is 1.86 bits per heavy atom. The van der Waals surface area contributed by atoms with Crippen molar-refractivity contribution < 1.29 is 4.92 Å². The van der Waals surface area contributed by atoms with E-state index in [0.717, 1.165) is 56.1 Å². The van der Waals surface area contributed by atoms with Gasteiger partial charge in [0.2, 0.25) is 0 Å². The lowest BCUT2D eigenvalue weighted by Gasteiger charge is -2.13. The maximum absolute atomic E-state index is 10.7.